The fourth-order valence-electron chi connectivity index (χ4n) is 1.80. The molecule has 0 saturated carbocycles. The van der Waals surface area contributed by atoms with E-state index in [9.17, 15) is 4.39 Å². The minimum atomic E-state index is -0.460. The molecule has 2 aromatic carbocycles. The minimum absolute atomic E-state index is 0.0738. The number of ether oxygens (including phenoxy) is 2. The maximum atomic E-state index is 13.4. The standard InChI is InChI=1S/C15H12Br2ClFO2/c1-20-13-6-9(7-16)5-11(17)15(13)21-8-10-3-2-4-12(19)14(10)18/h2-6H,7-8H2,1H3. The molecular weight excluding hydrogens is 426 g/mol. The molecule has 2 aromatic rings. The Kier molecular flexibility index (Phi) is 5.90. The fraction of sp³-hybridized carbons (Fsp3) is 0.200. The van der Waals surface area contributed by atoms with Gasteiger partial charge < -0.3 is 9.47 Å². The van der Waals surface area contributed by atoms with E-state index in [0.29, 0.717) is 22.4 Å². The SMILES string of the molecule is COc1cc(CBr)cc(Br)c1OCc1cccc(F)c1Cl. The predicted molar refractivity (Wildman–Crippen MR) is 89.1 cm³/mol. The Balaban J connectivity index is 2.25. The molecule has 0 N–H and O–H groups in total. The van der Waals surface area contributed by atoms with Gasteiger partial charge in [0, 0.05) is 10.9 Å². The normalized spacial score (nSPS) is 10.5. The van der Waals surface area contributed by atoms with E-state index in [1.54, 1.807) is 19.2 Å². The van der Waals surface area contributed by atoms with Crippen LogP contribution in [0.15, 0.2) is 34.8 Å². The van der Waals surface area contributed by atoms with E-state index in [-0.39, 0.29) is 11.6 Å². The first kappa shape index (κ1) is 16.6. The zero-order valence-electron chi connectivity index (χ0n) is 11.1. The van der Waals surface area contributed by atoms with Gasteiger partial charge in [-0.2, -0.15) is 0 Å². The van der Waals surface area contributed by atoms with Crippen LogP contribution in [-0.2, 0) is 11.9 Å². The lowest BCUT2D eigenvalue weighted by Crippen LogP contribution is -2.00. The van der Waals surface area contributed by atoms with Crippen LogP contribution in [0.1, 0.15) is 11.1 Å². The van der Waals surface area contributed by atoms with Gasteiger partial charge in [0.1, 0.15) is 12.4 Å². The van der Waals surface area contributed by atoms with Gasteiger partial charge in [0.05, 0.1) is 16.6 Å². The van der Waals surface area contributed by atoms with Crippen molar-refractivity contribution in [1.82, 2.24) is 0 Å². The van der Waals surface area contributed by atoms with Crippen LogP contribution in [0.3, 0.4) is 0 Å². The number of methoxy groups -OCH3 is 1. The van der Waals surface area contributed by atoms with Crippen molar-refractivity contribution in [3.05, 3.63) is 56.8 Å². The van der Waals surface area contributed by atoms with E-state index in [1.165, 1.54) is 6.07 Å². The average Bonchev–Trinajstić information content (AvgIpc) is 2.49. The van der Waals surface area contributed by atoms with E-state index in [2.05, 4.69) is 31.9 Å². The van der Waals surface area contributed by atoms with Crippen LogP contribution >= 0.6 is 43.5 Å². The van der Waals surface area contributed by atoms with Crippen LogP contribution in [0.2, 0.25) is 5.02 Å². The third-order valence-corrected chi connectivity index (χ3v) is 4.51. The molecule has 0 bridgehead atoms. The summed E-state index contributed by atoms with van der Waals surface area (Å²) < 4.78 is 25.2. The monoisotopic (exact) mass is 436 g/mol. The molecule has 0 spiro atoms. The maximum absolute atomic E-state index is 13.4. The zero-order chi connectivity index (χ0) is 15.4. The van der Waals surface area contributed by atoms with E-state index in [1.807, 2.05) is 12.1 Å². The van der Waals surface area contributed by atoms with Crippen LogP contribution in [0.4, 0.5) is 4.39 Å². The molecule has 21 heavy (non-hydrogen) atoms. The first-order chi connectivity index (χ1) is 10.1. The maximum Gasteiger partial charge on any atom is 0.175 e. The highest BCUT2D eigenvalue weighted by molar-refractivity contribution is 9.10. The Hall–Kier alpha value is -0.780. The summed E-state index contributed by atoms with van der Waals surface area (Å²) >= 11 is 12.8. The number of benzene rings is 2. The molecule has 0 aliphatic heterocycles. The molecule has 0 aromatic heterocycles. The molecule has 0 fully saturated rings. The van der Waals surface area contributed by atoms with Crippen molar-refractivity contribution in [2.45, 2.75) is 11.9 Å². The van der Waals surface area contributed by atoms with Crippen molar-refractivity contribution in [2.24, 2.45) is 0 Å². The number of hydrogen-bond donors (Lipinski definition) is 0. The highest BCUT2D eigenvalue weighted by Gasteiger charge is 2.13. The zero-order valence-corrected chi connectivity index (χ0v) is 15.1. The molecule has 0 unspecified atom stereocenters. The molecule has 2 rings (SSSR count). The lowest BCUT2D eigenvalue weighted by Gasteiger charge is -2.14. The molecule has 0 aliphatic carbocycles. The van der Waals surface area contributed by atoms with Gasteiger partial charge in [0.15, 0.2) is 11.5 Å². The van der Waals surface area contributed by atoms with Gasteiger partial charge in [-0.3, -0.25) is 0 Å². The van der Waals surface area contributed by atoms with Gasteiger partial charge in [0.2, 0.25) is 0 Å². The smallest absolute Gasteiger partial charge is 0.175 e. The van der Waals surface area contributed by atoms with E-state index >= 15 is 0 Å². The van der Waals surface area contributed by atoms with Crippen LogP contribution in [-0.4, -0.2) is 7.11 Å². The van der Waals surface area contributed by atoms with Gasteiger partial charge in [-0.15, -0.1) is 0 Å². The summed E-state index contributed by atoms with van der Waals surface area (Å²) in [6.45, 7) is 0.152. The molecule has 0 amide bonds. The summed E-state index contributed by atoms with van der Waals surface area (Å²) in [5.74, 6) is 0.701. The lowest BCUT2D eigenvalue weighted by molar-refractivity contribution is 0.282. The Bertz CT molecular complexity index is 650. The number of hydrogen-bond acceptors (Lipinski definition) is 2. The van der Waals surface area contributed by atoms with Crippen LogP contribution in [0.5, 0.6) is 11.5 Å². The summed E-state index contributed by atoms with van der Waals surface area (Å²) in [5.41, 5.74) is 1.63. The average molecular weight is 439 g/mol. The van der Waals surface area contributed by atoms with E-state index < -0.39 is 5.82 Å². The first-order valence-electron chi connectivity index (χ1n) is 6.05. The molecule has 112 valence electrons. The summed E-state index contributed by atoms with van der Waals surface area (Å²) in [6, 6.07) is 8.44. The Morgan fingerprint density at radius 1 is 1.29 bits per heavy atom. The molecule has 0 atom stereocenters. The van der Waals surface area contributed by atoms with Crippen molar-refractivity contribution >= 4 is 43.5 Å². The lowest BCUT2D eigenvalue weighted by atomic mass is 10.2. The highest BCUT2D eigenvalue weighted by atomic mass is 79.9. The van der Waals surface area contributed by atoms with Crippen molar-refractivity contribution in [3.8, 4) is 11.5 Å². The number of halogens is 4. The number of alkyl halides is 1. The van der Waals surface area contributed by atoms with Gasteiger partial charge >= 0.3 is 0 Å². The Labute approximate surface area is 144 Å². The molecule has 0 radical (unpaired) electrons. The first-order valence-corrected chi connectivity index (χ1v) is 8.34. The third-order valence-electron chi connectivity index (χ3n) is 2.85. The molecule has 0 saturated heterocycles. The summed E-state index contributed by atoms with van der Waals surface area (Å²) in [7, 11) is 1.57. The van der Waals surface area contributed by atoms with Gasteiger partial charge in [-0.1, -0.05) is 39.7 Å². The minimum Gasteiger partial charge on any atom is -0.493 e. The third kappa shape index (κ3) is 3.90. The Morgan fingerprint density at radius 2 is 2.05 bits per heavy atom. The predicted octanol–water partition coefficient (Wildman–Crippen LogP) is 5.72. The molecule has 6 heteroatoms. The van der Waals surface area contributed by atoms with Crippen LogP contribution in [0.25, 0.3) is 0 Å². The number of rotatable bonds is 5. The van der Waals surface area contributed by atoms with Gasteiger partial charge in [0.25, 0.3) is 0 Å². The molecule has 2 nitrogen and oxygen atoms in total. The molecular formula is C15H12Br2ClFO2. The van der Waals surface area contributed by atoms with Crippen LogP contribution in [0, 0.1) is 5.82 Å². The second-order valence-corrected chi connectivity index (χ2v) is 6.04. The fourth-order valence-corrected chi connectivity index (χ4v) is 2.91. The van der Waals surface area contributed by atoms with Crippen LogP contribution < -0.4 is 9.47 Å². The van der Waals surface area contributed by atoms with Crippen molar-refractivity contribution in [2.75, 3.05) is 7.11 Å². The van der Waals surface area contributed by atoms with Gasteiger partial charge in [-0.25, -0.2) is 4.39 Å². The topological polar surface area (TPSA) is 18.5 Å². The largest absolute Gasteiger partial charge is 0.493 e. The summed E-state index contributed by atoms with van der Waals surface area (Å²) in [4.78, 5) is 0. The van der Waals surface area contributed by atoms with E-state index in [0.717, 1.165) is 10.0 Å². The second kappa shape index (κ2) is 7.47. The van der Waals surface area contributed by atoms with Gasteiger partial charge in [-0.05, 0) is 39.7 Å². The summed E-state index contributed by atoms with van der Waals surface area (Å²) in [5, 5.41) is 0.780. The second-order valence-electron chi connectivity index (χ2n) is 4.24. The van der Waals surface area contributed by atoms with Crippen molar-refractivity contribution in [3.63, 3.8) is 0 Å². The van der Waals surface area contributed by atoms with Crippen molar-refractivity contribution < 1.29 is 13.9 Å². The summed E-state index contributed by atoms with van der Waals surface area (Å²) in [6.07, 6.45) is 0. The highest BCUT2D eigenvalue weighted by Crippen LogP contribution is 2.38. The Morgan fingerprint density at radius 3 is 2.71 bits per heavy atom. The van der Waals surface area contributed by atoms with E-state index in [4.69, 9.17) is 21.1 Å². The van der Waals surface area contributed by atoms with Crippen molar-refractivity contribution in [1.29, 1.82) is 0 Å². The molecule has 0 heterocycles. The quantitative estimate of drug-likeness (QED) is 0.556. The molecule has 0 aliphatic rings.